The molecule has 0 saturated heterocycles. The zero-order valence-electron chi connectivity index (χ0n) is 8.46. The Kier molecular flexibility index (Phi) is 4.22. The van der Waals surface area contributed by atoms with Crippen LogP contribution in [0.2, 0.25) is 0 Å². The van der Waals surface area contributed by atoms with Crippen LogP contribution in [0.1, 0.15) is 27.7 Å². The molecule has 0 aromatic carbocycles. The van der Waals surface area contributed by atoms with Gasteiger partial charge in [-0.2, -0.15) is 5.26 Å². The first-order valence-electron chi connectivity index (χ1n) is 4.37. The molecule has 0 aliphatic carbocycles. The van der Waals surface area contributed by atoms with E-state index in [1.54, 1.807) is 6.92 Å². The fraction of sp³-hybridized carbons (Fsp3) is 0.889. The van der Waals surface area contributed by atoms with Gasteiger partial charge in [0.25, 0.3) is 0 Å². The van der Waals surface area contributed by atoms with Gasteiger partial charge in [-0.3, -0.25) is 4.90 Å². The van der Waals surface area contributed by atoms with Crippen molar-refractivity contribution in [2.45, 2.75) is 39.3 Å². The average Bonchev–Trinajstić information content (AvgIpc) is 2.00. The molecule has 70 valence electrons. The second-order valence-electron chi connectivity index (χ2n) is 3.69. The van der Waals surface area contributed by atoms with Crippen LogP contribution in [0, 0.1) is 11.3 Å². The molecule has 0 radical (unpaired) electrons. The van der Waals surface area contributed by atoms with Crippen molar-refractivity contribution in [1.82, 2.24) is 4.90 Å². The number of likely N-dealkylation sites (N-methyl/N-ethyl adjacent to an activating group) is 1. The highest BCUT2D eigenvalue weighted by atomic mass is 15.2. The molecule has 0 saturated carbocycles. The van der Waals surface area contributed by atoms with Crippen molar-refractivity contribution in [3.05, 3.63) is 0 Å². The second kappa shape index (κ2) is 4.44. The third-order valence-corrected chi connectivity index (χ3v) is 1.92. The molecule has 0 spiro atoms. The first-order valence-corrected chi connectivity index (χ1v) is 4.37. The summed E-state index contributed by atoms with van der Waals surface area (Å²) in [5.74, 6) is 0. The second-order valence-corrected chi connectivity index (χ2v) is 3.69. The van der Waals surface area contributed by atoms with Gasteiger partial charge in [-0.25, -0.2) is 0 Å². The van der Waals surface area contributed by atoms with E-state index in [0.717, 1.165) is 6.54 Å². The highest BCUT2D eigenvalue weighted by Gasteiger charge is 2.21. The lowest BCUT2D eigenvalue weighted by atomic mass is 10.1. The maximum absolute atomic E-state index is 8.72. The minimum atomic E-state index is -0.722. The summed E-state index contributed by atoms with van der Waals surface area (Å²) in [4.78, 5) is 2.18. The van der Waals surface area contributed by atoms with E-state index in [2.05, 4.69) is 31.7 Å². The van der Waals surface area contributed by atoms with Crippen LogP contribution in [0.5, 0.6) is 0 Å². The molecule has 0 rings (SSSR count). The Morgan fingerprint density at radius 2 is 2.08 bits per heavy atom. The van der Waals surface area contributed by atoms with Gasteiger partial charge in [0.1, 0.15) is 5.54 Å². The summed E-state index contributed by atoms with van der Waals surface area (Å²) >= 11 is 0. The SMILES string of the molecule is CCN(CC(C)(N)C#N)C(C)C. The van der Waals surface area contributed by atoms with Crippen LogP contribution < -0.4 is 5.73 Å². The lowest BCUT2D eigenvalue weighted by Crippen LogP contribution is -2.48. The molecule has 0 fully saturated rings. The topological polar surface area (TPSA) is 53.0 Å². The van der Waals surface area contributed by atoms with Crippen LogP contribution in [0.15, 0.2) is 0 Å². The summed E-state index contributed by atoms with van der Waals surface area (Å²) in [7, 11) is 0. The summed E-state index contributed by atoms with van der Waals surface area (Å²) in [5.41, 5.74) is 5.01. The van der Waals surface area contributed by atoms with Gasteiger partial charge < -0.3 is 5.73 Å². The van der Waals surface area contributed by atoms with E-state index >= 15 is 0 Å². The van der Waals surface area contributed by atoms with Crippen LogP contribution in [0.4, 0.5) is 0 Å². The summed E-state index contributed by atoms with van der Waals surface area (Å²) in [5, 5.41) is 8.72. The smallest absolute Gasteiger partial charge is 0.114 e. The van der Waals surface area contributed by atoms with Gasteiger partial charge >= 0.3 is 0 Å². The number of nitriles is 1. The van der Waals surface area contributed by atoms with Gasteiger partial charge in [0, 0.05) is 12.6 Å². The molecular formula is C9H19N3. The molecule has 0 aromatic rings. The third-order valence-electron chi connectivity index (χ3n) is 1.92. The third kappa shape index (κ3) is 3.70. The molecule has 0 aliphatic heterocycles. The predicted octanol–water partition coefficient (Wildman–Crippen LogP) is 0.958. The monoisotopic (exact) mass is 169 g/mol. The zero-order valence-corrected chi connectivity index (χ0v) is 8.46. The van der Waals surface area contributed by atoms with Crippen molar-refractivity contribution >= 4 is 0 Å². The summed E-state index contributed by atoms with van der Waals surface area (Å²) in [6.07, 6.45) is 0. The van der Waals surface area contributed by atoms with E-state index in [-0.39, 0.29) is 0 Å². The van der Waals surface area contributed by atoms with Gasteiger partial charge in [-0.1, -0.05) is 6.92 Å². The summed E-state index contributed by atoms with van der Waals surface area (Å²) < 4.78 is 0. The highest BCUT2D eigenvalue weighted by Crippen LogP contribution is 2.05. The number of rotatable bonds is 4. The molecule has 3 nitrogen and oxygen atoms in total. The van der Waals surface area contributed by atoms with E-state index < -0.39 is 5.54 Å². The molecule has 1 atom stereocenters. The van der Waals surface area contributed by atoms with E-state index in [9.17, 15) is 0 Å². The first-order chi connectivity index (χ1) is 5.43. The van der Waals surface area contributed by atoms with Crippen molar-refractivity contribution in [3.8, 4) is 6.07 Å². The molecule has 3 heteroatoms. The Morgan fingerprint density at radius 3 is 2.33 bits per heavy atom. The van der Waals surface area contributed by atoms with Gasteiger partial charge in [0.15, 0.2) is 0 Å². The lowest BCUT2D eigenvalue weighted by molar-refractivity contribution is 0.205. The first kappa shape index (κ1) is 11.4. The molecule has 12 heavy (non-hydrogen) atoms. The van der Waals surface area contributed by atoms with E-state index in [4.69, 9.17) is 11.0 Å². The largest absolute Gasteiger partial charge is 0.313 e. The Labute approximate surface area is 75.2 Å². The molecule has 0 aromatic heterocycles. The summed E-state index contributed by atoms with van der Waals surface area (Å²) in [6.45, 7) is 9.63. The Morgan fingerprint density at radius 1 is 1.58 bits per heavy atom. The van der Waals surface area contributed by atoms with Crippen LogP contribution in [0.3, 0.4) is 0 Å². The van der Waals surface area contributed by atoms with Crippen molar-refractivity contribution in [1.29, 1.82) is 5.26 Å². The number of hydrogen-bond acceptors (Lipinski definition) is 3. The maximum atomic E-state index is 8.72. The average molecular weight is 169 g/mol. The maximum Gasteiger partial charge on any atom is 0.114 e. The van der Waals surface area contributed by atoms with E-state index in [0.29, 0.717) is 12.6 Å². The van der Waals surface area contributed by atoms with Crippen LogP contribution in [-0.4, -0.2) is 29.6 Å². The zero-order chi connectivity index (χ0) is 9.78. The van der Waals surface area contributed by atoms with Gasteiger partial charge in [0.05, 0.1) is 6.07 Å². The lowest BCUT2D eigenvalue weighted by Gasteiger charge is -2.29. The molecule has 0 aliphatic rings. The minimum absolute atomic E-state index is 0.450. The van der Waals surface area contributed by atoms with Crippen LogP contribution in [0.25, 0.3) is 0 Å². The Balaban J connectivity index is 4.13. The van der Waals surface area contributed by atoms with Crippen molar-refractivity contribution < 1.29 is 0 Å². The predicted molar refractivity (Wildman–Crippen MR) is 50.6 cm³/mol. The molecule has 1 unspecified atom stereocenters. The summed E-state index contributed by atoms with van der Waals surface area (Å²) in [6, 6.07) is 2.55. The minimum Gasteiger partial charge on any atom is -0.313 e. The van der Waals surface area contributed by atoms with Crippen molar-refractivity contribution in [3.63, 3.8) is 0 Å². The number of nitrogens with zero attached hydrogens (tertiary/aromatic N) is 2. The fourth-order valence-electron chi connectivity index (χ4n) is 1.12. The van der Waals surface area contributed by atoms with Crippen molar-refractivity contribution in [2.75, 3.05) is 13.1 Å². The molecule has 2 N–H and O–H groups in total. The van der Waals surface area contributed by atoms with Crippen LogP contribution in [-0.2, 0) is 0 Å². The molecule has 0 heterocycles. The molecule has 0 bridgehead atoms. The molecular weight excluding hydrogens is 150 g/mol. The Hall–Kier alpha value is -0.590. The van der Waals surface area contributed by atoms with E-state index in [1.165, 1.54) is 0 Å². The van der Waals surface area contributed by atoms with Gasteiger partial charge in [0.2, 0.25) is 0 Å². The normalized spacial score (nSPS) is 16.2. The molecule has 0 amide bonds. The van der Waals surface area contributed by atoms with Gasteiger partial charge in [-0.05, 0) is 27.3 Å². The fourth-order valence-corrected chi connectivity index (χ4v) is 1.12. The van der Waals surface area contributed by atoms with Crippen molar-refractivity contribution in [2.24, 2.45) is 5.73 Å². The van der Waals surface area contributed by atoms with Crippen LogP contribution >= 0.6 is 0 Å². The standard InChI is InChI=1S/C9H19N3/c1-5-12(8(2)3)7-9(4,11)6-10/h8H,5,7,11H2,1-4H3. The Bertz CT molecular complexity index is 167. The highest BCUT2D eigenvalue weighted by molar-refractivity contribution is 5.03. The number of hydrogen-bond donors (Lipinski definition) is 1. The van der Waals surface area contributed by atoms with Gasteiger partial charge in [-0.15, -0.1) is 0 Å². The van der Waals surface area contributed by atoms with E-state index in [1.807, 2.05) is 0 Å². The number of nitrogens with two attached hydrogens (primary N) is 1. The quantitative estimate of drug-likeness (QED) is 0.682.